The summed E-state index contributed by atoms with van der Waals surface area (Å²) in [7, 11) is 0. The summed E-state index contributed by atoms with van der Waals surface area (Å²) in [6.45, 7) is 15.2. The second kappa shape index (κ2) is 8.15. The number of piperidine rings is 1. The average molecular weight is 335 g/mol. The van der Waals surface area contributed by atoms with E-state index >= 15 is 0 Å². The number of likely N-dealkylation sites (tertiary alicyclic amines) is 1. The summed E-state index contributed by atoms with van der Waals surface area (Å²) in [6.07, 6.45) is 7.00. The molecule has 1 aliphatic rings. The number of nitrogens with one attached hydrogen (secondary N) is 1. The highest BCUT2D eigenvalue weighted by atomic mass is 16.1. The Hall–Kier alpha value is -1.36. The second-order valence-corrected chi connectivity index (χ2v) is 8.51. The minimum absolute atomic E-state index is 0.0225. The van der Waals surface area contributed by atoms with Crippen LogP contribution in [0.5, 0.6) is 0 Å². The van der Waals surface area contributed by atoms with Crippen molar-refractivity contribution in [2.75, 3.05) is 26.2 Å². The molecule has 5 nitrogen and oxygen atoms in total. The van der Waals surface area contributed by atoms with Crippen molar-refractivity contribution >= 4 is 5.91 Å². The van der Waals surface area contributed by atoms with Gasteiger partial charge in [0.15, 0.2) is 0 Å². The summed E-state index contributed by atoms with van der Waals surface area (Å²) in [4.78, 5) is 14.7. The molecule has 1 aliphatic heterocycles. The van der Waals surface area contributed by atoms with Crippen molar-refractivity contribution in [3.63, 3.8) is 0 Å². The maximum Gasteiger partial charge on any atom is 0.254 e. The number of hydrogen-bond donors (Lipinski definition) is 1. The van der Waals surface area contributed by atoms with Gasteiger partial charge in [0.1, 0.15) is 0 Å². The van der Waals surface area contributed by atoms with E-state index in [9.17, 15) is 4.79 Å². The number of carbonyl (C=O) groups is 1. The molecule has 1 saturated heterocycles. The van der Waals surface area contributed by atoms with Crippen molar-refractivity contribution in [3.05, 3.63) is 18.0 Å². The van der Waals surface area contributed by atoms with Gasteiger partial charge in [0, 0.05) is 25.8 Å². The quantitative estimate of drug-likeness (QED) is 0.813. The third-order valence-electron chi connectivity index (χ3n) is 4.66. The fraction of sp³-hybridized carbons (Fsp3) is 0.789. The molecule has 1 N–H and O–H groups in total. The van der Waals surface area contributed by atoms with E-state index < -0.39 is 0 Å². The largest absolute Gasteiger partial charge is 0.352 e. The smallest absolute Gasteiger partial charge is 0.254 e. The SMILES string of the molecule is CC1CC(C)CN(CCCCNC(=O)c2cnn(C(C)(C)C)c2)C1. The molecule has 0 aromatic carbocycles. The first-order chi connectivity index (χ1) is 11.3. The van der Waals surface area contributed by atoms with Crippen molar-refractivity contribution in [2.24, 2.45) is 11.8 Å². The monoisotopic (exact) mass is 334 g/mol. The number of nitrogens with zero attached hydrogens (tertiary/aromatic N) is 3. The van der Waals surface area contributed by atoms with Gasteiger partial charge in [-0.25, -0.2) is 0 Å². The first-order valence-corrected chi connectivity index (χ1v) is 9.31. The zero-order valence-corrected chi connectivity index (χ0v) is 16.0. The molecule has 2 unspecified atom stereocenters. The van der Waals surface area contributed by atoms with E-state index in [1.165, 1.54) is 19.5 Å². The molecule has 2 rings (SSSR count). The molecule has 2 atom stereocenters. The van der Waals surface area contributed by atoms with E-state index in [0.29, 0.717) is 5.56 Å². The Bertz CT molecular complexity index is 522. The summed E-state index contributed by atoms with van der Waals surface area (Å²) in [5, 5.41) is 7.29. The van der Waals surface area contributed by atoms with Gasteiger partial charge in [0.05, 0.1) is 17.3 Å². The molecule has 0 aliphatic carbocycles. The van der Waals surface area contributed by atoms with E-state index in [0.717, 1.165) is 37.8 Å². The van der Waals surface area contributed by atoms with Crippen molar-refractivity contribution < 1.29 is 4.79 Å². The first kappa shape index (κ1) is 19.0. The Morgan fingerprint density at radius 3 is 2.50 bits per heavy atom. The van der Waals surface area contributed by atoms with Gasteiger partial charge in [-0.15, -0.1) is 0 Å². The highest BCUT2D eigenvalue weighted by Crippen LogP contribution is 2.21. The molecule has 1 aromatic heterocycles. The highest BCUT2D eigenvalue weighted by molar-refractivity contribution is 5.93. The summed E-state index contributed by atoms with van der Waals surface area (Å²) >= 11 is 0. The molecule has 0 spiro atoms. The maximum atomic E-state index is 12.2. The van der Waals surface area contributed by atoms with Gasteiger partial charge in [0.2, 0.25) is 0 Å². The van der Waals surface area contributed by atoms with Gasteiger partial charge in [-0.2, -0.15) is 5.10 Å². The fourth-order valence-electron chi connectivity index (χ4n) is 3.55. The number of amides is 1. The van der Waals surface area contributed by atoms with E-state index in [-0.39, 0.29) is 11.4 Å². The van der Waals surface area contributed by atoms with Crippen LogP contribution < -0.4 is 5.32 Å². The van der Waals surface area contributed by atoms with Crippen LogP contribution >= 0.6 is 0 Å². The van der Waals surface area contributed by atoms with Crippen LogP contribution in [0.25, 0.3) is 0 Å². The molecule has 0 saturated carbocycles. The zero-order valence-electron chi connectivity index (χ0n) is 16.0. The van der Waals surface area contributed by atoms with Crippen molar-refractivity contribution in [1.29, 1.82) is 0 Å². The summed E-state index contributed by atoms with van der Waals surface area (Å²) in [5.41, 5.74) is 0.546. The predicted molar refractivity (Wildman–Crippen MR) is 98.2 cm³/mol. The summed E-state index contributed by atoms with van der Waals surface area (Å²) in [6, 6.07) is 0. The number of aromatic nitrogens is 2. The van der Waals surface area contributed by atoms with Gasteiger partial charge in [-0.05, 0) is 58.4 Å². The maximum absolute atomic E-state index is 12.2. The molecular formula is C19H34N4O. The molecular weight excluding hydrogens is 300 g/mol. The molecule has 1 amide bonds. The Morgan fingerprint density at radius 1 is 1.25 bits per heavy atom. The molecule has 5 heteroatoms. The van der Waals surface area contributed by atoms with Crippen LogP contribution in [0.1, 0.15) is 64.2 Å². The minimum Gasteiger partial charge on any atom is -0.352 e. The van der Waals surface area contributed by atoms with Crippen LogP contribution in [0.4, 0.5) is 0 Å². The topological polar surface area (TPSA) is 50.2 Å². The van der Waals surface area contributed by atoms with Crippen molar-refractivity contribution in [1.82, 2.24) is 20.0 Å². The standard InChI is InChI=1S/C19H34N4O/c1-15-10-16(2)13-22(12-15)9-7-6-8-20-18(24)17-11-21-23(14-17)19(3,4)5/h11,14-16H,6-10,12-13H2,1-5H3,(H,20,24). The number of rotatable bonds is 6. The number of unbranched alkanes of at least 4 members (excludes halogenated alkanes) is 1. The van der Waals surface area contributed by atoms with Gasteiger partial charge in [0.25, 0.3) is 5.91 Å². The first-order valence-electron chi connectivity index (χ1n) is 9.31. The third-order valence-corrected chi connectivity index (χ3v) is 4.66. The van der Waals surface area contributed by atoms with E-state index in [1.54, 1.807) is 6.20 Å². The van der Waals surface area contributed by atoms with E-state index in [2.05, 4.69) is 49.9 Å². The average Bonchev–Trinajstić information content (AvgIpc) is 2.95. The lowest BCUT2D eigenvalue weighted by Crippen LogP contribution is -2.39. The normalized spacial score (nSPS) is 22.5. The van der Waals surface area contributed by atoms with Crippen LogP contribution in [0.15, 0.2) is 12.4 Å². The molecule has 0 radical (unpaired) electrons. The van der Waals surface area contributed by atoms with Gasteiger partial charge < -0.3 is 10.2 Å². The highest BCUT2D eigenvalue weighted by Gasteiger charge is 2.21. The van der Waals surface area contributed by atoms with Crippen LogP contribution in [0, 0.1) is 11.8 Å². The van der Waals surface area contributed by atoms with E-state index in [4.69, 9.17) is 0 Å². The molecule has 0 bridgehead atoms. The summed E-state index contributed by atoms with van der Waals surface area (Å²) in [5.74, 6) is 1.60. The summed E-state index contributed by atoms with van der Waals surface area (Å²) < 4.78 is 1.83. The Kier molecular flexibility index (Phi) is 6.44. The minimum atomic E-state index is -0.0960. The molecule has 1 fully saturated rings. The second-order valence-electron chi connectivity index (χ2n) is 8.51. The lowest BCUT2D eigenvalue weighted by molar-refractivity contribution is 0.0951. The number of hydrogen-bond acceptors (Lipinski definition) is 3. The lowest BCUT2D eigenvalue weighted by Gasteiger charge is -2.34. The Morgan fingerprint density at radius 2 is 1.92 bits per heavy atom. The molecule has 1 aromatic rings. The van der Waals surface area contributed by atoms with Crippen LogP contribution in [-0.2, 0) is 5.54 Å². The van der Waals surface area contributed by atoms with Crippen LogP contribution in [0.3, 0.4) is 0 Å². The van der Waals surface area contributed by atoms with Gasteiger partial charge in [-0.1, -0.05) is 13.8 Å². The molecule has 136 valence electrons. The molecule has 24 heavy (non-hydrogen) atoms. The lowest BCUT2D eigenvalue weighted by atomic mass is 9.92. The molecule has 2 heterocycles. The van der Waals surface area contributed by atoms with Crippen molar-refractivity contribution in [3.8, 4) is 0 Å². The number of carbonyl (C=O) groups excluding carboxylic acids is 1. The van der Waals surface area contributed by atoms with Crippen LogP contribution in [0.2, 0.25) is 0 Å². The van der Waals surface area contributed by atoms with E-state index in [1.807, 2.05) is 10.9 Å². The van der Waals surface area contributed by atoms with Crippen molar-refractivity contribution in [2.45, 2.75) is 59.4 Å². The predicted octanol–water partition coefficient (Wildman–Crippen LogP) is 3.13. The van der Waals surface area contributed by atoms with Gasteiger partial charge in [-0.3, -0.25) is 9.48 Å². The zero-order chi connectivity index (χ0) is 17.7. The van der Waals surface area contributed by atoms with Gasteiger partial charge >= 0.3 is 0 Å². The third kappa shape index (κ3) is 5.62. The Labute approximate surface area is 146 Å². The fourth-order valence-corrected chi connectivity index (χ4v) is 3.55. The van der Waals surface area contributed by atoms with Crippen LogP contribution in [-0.4, -0.2) is 46.8 Å². The Balaban J connectivity index is 1.65.